The molecule has 0 amide bonds. The van der Waals surface area contributed by atoms with Crippen LogP contribution in [0.3, 0.4) is 0 Å². The first kappa shape index (κ1) is 13.2. The molecule has 1 fully saturated rings. The van der Waals surface area contributed by atoms with Crippen molar-refractivity contribution in [3.05, 3.63) is 29.3 Å². The van der Waals surface area contributed by atoms with E-state index in [2.05, 4.69) is 5.32 Å². The van der Waals surface area contributed by atoms with E-state index >= 15 is 0 Å². The number of phenolic OH excluding ortho intramolecular Hbond substituents is 1. The lowest BCUT2D eigenvalue weighted by Gasteiger charge is -2.23. The summed E-state index contributed by atoms with van der Waals surface area (Å²) < 4.78 is 37.9. The van der Waals surface area contributed by atoms with Crippen LogP contribution in [-0.4, -0.2) is 18.2 Å². The van der Waals surface area contributed by atoms with E-state index in [-0.39, 0.29) is 0 Å². The second-order valence-corrected chi connectivity index (χ2v) is 4.77. The van der Waals surface area contributed by atoms with E-state index in [1.54, 1.807) is 6.07 Å². The monoisotopic (exact) mass is 259 g/mol. The van der Waals surface area contributed by atoms with Gasteiger partial charge in [-0.3, -0.25) is 0 Å². The summed E-state index contributed by atoms with van der Waals surface area (Å²) in [5.74, 6) is -0.322. The minimum Gasteiger partial charge on any atom is -0.507 e. The van der Waals surface area contributed by atoms with Crippen molar-refractivity contribution in [1.29, 1.82) is 0 Å². The zero-order valence-electron chi connectivity index (χ0n) is 9.93. The van der Waals surface area contributed by atoms with Crippen LogP contribution in [0.4, 0.5) is 13.2 Å². The largest absolute Gasteiger partial charge is 0.507 e. The molecule has 1 aliphatic rings. The number of halogens is 3. The second kappa shape index (κ2) is 5.18. The zero-order valence-corrected chi connectivity index (χ0v) is 9.93. The first-order valence-corrected chi connectivity index (χ1v) is 6.06. The molecular weight excluding hydrogens is 243 g/mol. The highest BCUT2D eigenvalue weighted by atomic mass is 19.4. The van der Waals surface area contributed by atoms with Crippen LogP contribution in [-0.2, 0) is 12.6 Å². The van der Waals surface area contributed by atoms with Crippen molar-refractivity contribution < 1.29 is 18.3 Å². The molecule has 18 heavy (non-hydrogen) atoms. The summed E-state index contributed by atoms with van der Waals surface area (Å²) in [6.07, 6.45) is -1.77. The van der Waals surface area contributed by atoms with Crippen molar-refractivity contribution in [3.63, 3.8) is 0 Å². The molecular formula is C13H16F3NO. The van der Waals surface area contributed by atoms with E-state index in [0.717, 1.165) is 38.1 Å². The summed E-state index contributed by atoms with van der Waals surface area (Å²) >= 11 is 0. The van der Waals surface area contributed by atoms with Crippen LogP contribution in [0.1, 0.15) is 24.0 Å². The van der Waals surface area contributed by atoms with Gasteiger partial charge >= 0.3 is 6.18 Å². The van der Waals surface area contributed by atoms with E-state index in [9.17, 15) is 18.3 Å². The van der Waals surface area contributed by atoms with Crippen LogP contribution < -0.4 is 5.32 Å². The van der Waals surface area contributed by atoms with E-state index in [4.69, 9.17) is 0 Å². The number of aromatic hydroxyl groups is 1. The normalized spacial score (nSPS) is 20.9. The van der Waals surface area contributed by atoms with Crippen molar-refractivity contribution in [2.75, 3.05) is 13.1 Å². The molecule has 0 aromatic heterocycles. The summed E-state index contributed by atoms with van der Waals surface area (Å²) in [6.45, 7) is 1.84. The first-order valence-electron chi connectivity index (χ1n) is 6.06. The number of benzene rings is 1. The third-order valence-corrected chi connectivity index (χ3v) is 3.29. The molecule has 2 rings (SSSR count). The molecule has 0 spiro atoms. The highest BCUT2D eigenvalue weighted by molar-refractivity contribution is 5.38. The number of hydrogen-bond donors (Lipinski definition) is 2. The molecule has 2 nitrogen and oxygen atoms in total. The van der Waals surface area contributed by atoms with Gasteiger partial charge < -0.3 is 10.4 Å². The van der Waals surface area contributed by atoms with Gasteiger partial charge in [0, 0.05) is 0 Å². The Morgan fingerprint density at radius 2 is 2.11 bits per heavy atom. The Morgan fingerprint density at radius 1 is 1.33 bits per heavy atom. The van der Waals surface area contributed by atoms with E-state index in [1.165, 1.54) is 0 Å². The average Bonchev–Trinajstić information content (AvgIpc) is 2.31. The zero-order chi connectivity index (χ0) is 13.2. The summed E-state index contributed by atoms with van der Waals surface area (Å²) in [5, 5.41) is 12.5. The van der Waals surface area contributed by atoms with E-state index in [1.807, 2.05) is 0 Å². The topological polar surface area (TPSA) is 32.3 Å². The molecule has 1 unspecified atom stereocenters. The van der Waals surface area contributed by atoms with Gasteiger partial charge in [-0.2, -0.15) is 13.2 Å². The minimum absolute atomic E-state index is 0.379. The molecule has 1 heterocycles. The first-order chi connectivity index (χ1) is 8.47. The predicted molar refractivity (Wildman–Crippen MR) is 62.4 cm³/mol. The molecule has 1 atom stereocenters. The van der Waals surface area contributed by atoms with Crippen molar-refractivity contribution in [2.45, 2.75) is 25.4 Å². The van der Waals surface area contributed by atoms with Gasteiger partial charge in [0.1, 0.15) is 5.75 Å². The third kappa shape index (κ3) is 3.16. The second-order valence-electron chi connectivity index (χ2n) is 4.77. The van der Waals surface area contributed by atoms with Gasteiger partial charge in [0.2, 0.25) is 0 Å². The van der Waals surface area contributed by atoms with Crippen LogP contribution in [0, 0.1) is 5.92 Å². The summed E-state index contributed by atoms with van der Waals surface area (Å²) in [4.78, 5) is 0. The van der Waals surface area contributed by atoms with Gasteiger partial charge in [0.15, 0.2) is 0 Å². The number of nitrogens with one attached hydrogen (secondary N) is 1. The number of rotatable bonds is 2. The molecule has 0 bridgehead atoms. The Kier molecular flexibility index (Phi) is 3.80. The highest BCUT2D eigenvalue weighted by Crippen LogP contribution is 2.36. The highest BCUT2D eigenvalue weighted by Gasteiger charge is 2.34. The molecule has 1 aromatic rings. The maximum Gasteiger partial charge on any atom is 0.419 e. The Bertz CT molecular complexity index is 411. The van der Waals surface area contributed by atoms with E-state index in [0.29, 0.717) is 17.9 Å². The number of piperidine rings is 1. The standard InChI is InChI=1S/C13H16F3NO/c14-13(15,16)11-7-9(3-4-12(11)18)6-10-2-1-5-17-8-10/h3-4,7,10,17-18H,1-2,5-6,8H2. The van der Waals surface area contributed by atoms with Crippen molar-refractivity contribution in [1.82, 2.24) is 5.32 Å². The van der Waals surface area contributed by atoms with Gasteiger partial charge in [-0.1, -0.05) is 6.07 Å². The number of phenols is 1. The fourth-order valence-electron chi connectivity index (χ4n) is 2.37. The molecule has 1 aromatic carbocycles. The molecule has 1 aliphatic heterocycles. The quantitative estimate of drug-likeness (QED) is 0.855. The van der Waals surface area contributed by atoms with Gasteiger partial charge in [0.25, 0.3) is 0 Å². The Balaban J connectivity index is 2.14. The fraction of sp³-hybridized carbons (Fsp3) is 0.538. The number of alkyl halides is 3. The van der Waals surface area contributed by atoms with Crippen LogP contribution in [0.15, 0.2) is 18.2 Å². The number of hydrogen-bond acceptors (Lipinski definition) is 2. The van der Waals surface area contributed by atoms with Crippen molar-refractivity contribution in [3.8, 4) is 5.75 Å². The molecule has 1 saturated heterocycles. The predicted octanol–water partition coefficient (Wildman–Crippen LogP) is 2.95. The lowest BCUT2D eigenvalue weighted by Crippen LogP contribution is -2.30. The lowest BCUT2D eigenvalue weighted by atomic mass is 9.91. The third-order valence-electron chi connectivity index (χ3n) is 3.29. The van der Waals surface area contributed by atoms with E-state index < -0.39 is 17.5 Å². The van der Waals surface area contributed by atoms with Crippen molar-refractivity contribution >= 4 is 0 Å². The molecule has 0 saturated carbocycles. The Morgan fingerprint density at radius 3 is 2.72 bits per heavy atom. The SMILES string of the molecule is Oc1ccc(CC2CCCNC2)cc1C(F)(F)F. The molecule has 0 aliphatic carbocycles. The smallest absolute Gasteiger partial charge is 0.419 e. The Labute approximate surface area is 104 Å². The van der Waals surface area contributed by atoms with Crippen LogP contribution >= 0.6 is 0 Å². The maximum absolute atomic E-state index is 12.6. The Hall–Kier alpha value is -1.23. The average molecular weight is 259 g/mol. The molecule has 5 heteroatoms. The van der Waals surface area contributed by atoms with Crippen LogP contribution in [0.5, 0.6) is 5.75 Å². The van der Waals surface area contributed by atoms with Gasteiger partial charge in [-0.25, -0.2) is 0 Å². The maximum atomic E-state index is 12.6. The summed E-state index contributed by atoms with van der Waals surface area (Å²) in [7, 11) is 0. The molecule has 100 valence electrons. The summed E-state index contributed by atoms with van der Waals surface area (Å²) in [5.41, 5.74) is -0.308. The van der Waals surface area contributed by atoms with Crippen LogP contribution in [0.2, 0.25) is 0 Å². The minimum atomic E-state index is -4.50. The van der Waals surface area contributed by atoms with Gasteiger partial charge in [-0.05, 0) is 56.0 Å². The van der Waals surface area contributed by atoms with Crippen LogP contribution in [0.25, 0.3) is 0 Å². The lowest BCUT2D eigenvalue weighted by molar-refractivity contribution is -0.138. The van der Waals surface area contributed by atoms with Gasteiger partial charge in [-0.15, -0.1) is 0 Å². The summed E-state index contributed by atoms with van der Waals surface area (Å²) in [6, 6.07) is 3.76. The molecule has 0 radical (unpaired) electrons. The fourth-order valence-corrected chi connectivity index (χ4v) is 2.37. The molecule has 2 N–H and O–H groups in total. The van der Waals surface area contributed by atoms with Crippen molar-refractivity contribution in [2.24, 2.45) is 5.92 Å². The van der Waals surface area contributed by atoms with Gasteiger partial charge in [0.05, 0.1) is 5.56 Å².